The van der Waals surface area contributed by atoms with Gasteiger partial charge in [-0.15, -0.1) is 0 Å². The number of rotatable bonds is 6. The largest absolute Gasteiger partial charge is 0.467 e. The number of ether oxygens (including phenoxy) is 1. The van der Waals surface area contributed by atoms with E-state index < -0.39 is 5.54 Å². The standard InChI is InChI=1S/C18H21NO2/c1-3-14-18(17(20)21-2,15-10-6-4-7-11-15)19-16-12-8-5-9-13-16/h4-13,19H,3,14H2,1-2H3. The number of hydrogen-bond donors (Lipinski definition) is 1. The first kappa shape index (κ1) is 15.1. The number of hydrogen-bond acceptors (Lipinski definition) is 3. The lowest BCUT2D eigenvalue weighted by Crippen LogP contribution is -2.44. The van der Waals surface area contributed by atoms with Crippen LogP contribution in [0.2, 0.25) is 0 Å². The topological polar surface area (TPSA) is 38.3 Å². The van der Waals surface area contributed by atoms with Crippen molar-refractivity contribution in [1.82, 2.24) is 0 Å². The quantitative estimate of drug-likeness (QED) is 0.815. The molecule has 0 aliphatic carbocycles. The van der Waals surface area contributed by atoms with Crippen LogP contribution in [0.15, 0.2) is 60.7 Å². The fourth-order valence-electron chi connectivity index (χ4n) is 2.59. The summed E-state index contributed by atoms with van der Waals surface area (Å²) in [6.07, 6.45) is 1.53. The molecule has 21 heavy (non-hydrogen) atoms. The molecule has 0 bridgehead atoms. The molecule has 3 heteroatoms. The third-order valence-corrected chi connectivity index (χ3v) is 3.56. The molecular weight excluding hydrogens is 262 g/mol. The highest BCUT2D eigenvalue weighted by molar-refractivity contribution is 5.86. The highest BCUT2D eigenvalue weighted by Gasteiger charge is 2.40. The van der Waals surface area contributed by atoms with Gasteiger partial charge in [0.05, 0.1) is 7.11 Å². The molecule has 110 valence electrons. The number of carbonyl (C=O) groups excluding carboxylic acids is 1. The van der Waals surface area contributed by atoms with Crippen LogP contribution < -0.4 is 5.32 Å². The first-order valence-corrected chi connectivity index (χ1v) is 7.20. The molecule has 0 heterocycles. The van der Waals surface area contributed by atoms with E-state index in [0.29, 0.717) is 6.42 Å². The van der Waals surface area contributed by atoms with E-state index in [1.807, 2.05) is 60.7 Å². The van der Waals surface area contributed by atoms with Crippen LogP contribution in [0.5, 0.6) is 0 Å². The molecule has 0 spiro atoms. The Morgan fingerprint density at radius 1 is 1.05 bits per heavy atom. The zero-order chi connectivity index (χ0) is 15.1. The summed E-state index contributed by atoms with van der Waals surface area (Å²) in [4.78, 5) is 12.5. The fourth-order valence-corrected chi connectivity index (χ4v) is 2.59. The van der Waals surface area contributed by atoms with E-state index in [0.717, 1.165) is 17.7 Å². The van der Waals surface area contributed by atoms with Crippen LogP contribution >= 0.6 is 0 Å². The van der Waals surface area contributed by atoms with Crippen molar-refractivity contribution in [3.05, 3.63) is 66.2 Å². The average Bonchev–Trinajstić information content (AvgIpc) is 2.55. The smallest absolute Gasteiger partial charge is 0.336 e. The Hall–Kier alpha value is -2.29. The van der Waals surface area contributed by atoms with Crippen LogP contribution in [0.1, 0.15) is 25.3 Å². The van der Waals surface area contributed by atoms with Gasteiger partial charge in [-0.25, -0.2) is 4.79 Å². The second-order valence-corrected chi connectivity index (χ2v) is 5.00. The van der Waals surface area contributed by atoms with E-state index in [9.17, 15) is 4.79 Å². The third kappa shape index (κ3) is 3.24. The maximum absolute atomic E-state index is 12.5. The van der Waals surface area contributed by atoms with Crippen LogP contribution in [-0.2, 0) is 15.1 Å². The van der Waals surface area contributed by atoms with Gasteiger partial charge < -0.3 is 10.1 Å². The summed E-state index contributed by atoms with van der Waals surface area (Å²) in [6, 6.07) is 19.5. The minimum atomic E-state index is -0.855. The lowest BCUT2D eigenvalue weighted by Gasteiger charge is -2.33. The molecule has 3 nitrogen and oxygen atoms in total. The molecule has 0 radical (unpaired) electrons. The van der Waals surface area contributed by atoms with Crippen molar-refractivity contribution in [2.24, 2.45) is 0 Å². The number of anilines is 1. The average molecular weight is 283 g/mol. The summed E-state index contributed by atoms with van der Waals surface area (Å²) < 4.78 is 5.09. The molecule has 0 saturated heterocycles. The summed E-state index contributed by atoms with van der Waals surface area (Å²) in [5, 5.41) is 3.39. The van der Waals surface area contributed by atoms with Crippen molar-refractivity contribution in [1.29, 1.82) is 0 Å². The van der Waals surface area contributed by atoms with Crippen molar-refractivity contribution >= 4 is 11.7 Å². The number of nitrogens with one attached hydrogen (secondary N) is 1. The lowest BCUT2D eigenvalue weighted by atomic mass is 9.85. The highest BCUT2D eigenvalue weighted by atomic mass is 16.5. The predicted molar refractivity (Wildman–Crippen MR) is 85.1 cm³/mol. The molecule has 2 rings (SSSR count). The van der Waals surface area contributed by atoms with Gasteiger partial charge in [-0.1, -0.05) is 61.9 Å². The molecule has 2 aromatic carbocycles. The summed E-state index contributed by atoms with van der Waals surface area (Å²) in [5.74, 6) is -0.264. The second-order valence-electron chi connectivity index (χ2n) is 5.00. The first-order chi connectivity index (χ1) is 10.2. The van der Waals surface area contributed by atoms with E-state index in [4.69, 9.17) is 4.74 Å². The Balaban J connectivity index is 2.48. The zero-order valence-electron chi connectivity index (χ0n) is 12.5. The number of carbonyl (C=O) groups is 1. The molecule has 0 aliphatic rings. The van der Waals surface area contributed by atoms with Crippen LogP contribution in [0.3, 0.4) is 0 Å². The molecule has 1 unspecified atom stereocenters. The molecular formula is C18H21NO2. The molecule has 0 saturated carbocycles. The van der Waals surface area contributed by atoms with Gasteiger partial charge in [0, 0.05) is 5.69 Å². The molecule has 0 aromatic heterocycles. The summed E-state index contributed by atoms with van der Waals surface area (Å²) in [7, 11) is 1.43. The maximum atomic E-state index is 12.5. The number of benzene rings is 2. The van der Waals surface area contributed by atoms with Crippen molar-refractivity contribution in [3.63, 3.8) is 0 Å². The van der Waals surface area contributed by atoms with Crippen LogP contribution in [0.25, 0.3) is 0 Å². The molecule has 1 N–H and O–H groups in total. The maximum Gasteiger partial charge on any atom is 0.336 e. The molecule has 0 amide bonds. The number of esters is 1. The molecule has 0 aliphatic heterocycles. The fraction of sp³-hybridized carbons (Fsp3) is 0.278. The van der Waals surface area contributed by atoms with Gasteiger partial charge in [-0.2, -0.15) is 0 Å². The first-order valence-electron chi connectivity index (χ1n) is 7.20. The van der Waals surface area contributed by atoms with Gasteiger partial charge in [-0.3, -0.25) is 0 Å². The van der Waals surface area contributed by atoms with E-state index in [-0.39, 0.29) is 5.97 Å². The number of methoxy groups -OCH3 is 1. The van der Waals surface area contributed by atoms with E-state index in [2.05, 4.69) is 12.2 Å². The van der Waals surface area contributed by atoms with Gasteiger partial charge >= 0.3 is 5.97 Å². The van der Waals surface area contributed by atoms with E-state index in [1.165, 1.54) is 7.11 Å². The third-order valence-electron chi connectivity index (χ3n) is 3.56. The Bertz CT molecular complexity index is 568. The van der Waals surface area contributed by atoms with Gasteiger partial charge in [-0.05, 0) is 24.1 Å². The normalized spacial score (nSPS) is 13.2. The predicted octanol–water partition coefficient (Wildman–Crippen LogP) is 3.97. The van der Waals surface area contributed by atoms with Crippen molar-refractivity contribution < 1.29 is 9.53 Å². The Kier molecular flexibility index (Phi) is 4.99. The van der Waals surface area contributed by atoms with Gasteiger partial charge in [0.2, 0.25) is 0 Å². The Morgan fingerprint density at radius 3 is 2.14 bits per heavy atom. The molecule has 1 atom stereocenters. The van der Waals surface area contributed by atoms with Crippen molar-refractivity contribution in [3.8, 4) is 0 Å². The molecule has 2 aromatic rings. The minimum absolute atomic E-state index is 0.264. The summed E-state index contributed by atoms with van der Waals surface area (Å²) >= 11 is 0. The highest BCUT2D eigenvalue weighted by Crippen LogP contribution is 2.32. The van der Waals surface area contributed by atoms with Crippen LogP contribution in [-0.4, -0.2) is 13.1 Å². The zero-order valence-corrected chi connectivity index (χ0v) is 12.5. The summed E-state index contributed by atoms with van der Waals surface area (Å²) in [5.41, 5.74) is 0.967. The van der Waals surface area contributed by atoms with Crippen LogP contribution in [0.4, 0.5) is 5.69 Å². The minimum Gasteiger partial charge on any atom is -0.467 e. The van der Waals surface area contributed by atoms with Gasteiger partial charge in [0.15, 0.2) is 5.54 Å². The van der Waals surface area contributed by atoms with Crippen LogP contribution in [0, 0.1) is 0 Å². The molecule has 0 fully saturated rings. The van der Waals surface area contributed by atoms with E-state index >= 15 is 0 Å². The van der Waals surface area contributed by atoms with E-state index in [1.54, 1.807) is 0 Å². The SMILES string of the molecule is CCCC(Nc1ccccc1)(C(=O)OC)c1ccccc1. The summed E-state index contributed by atoms with van der Waals surface area (Å²) in [6.45, 7) is 2.06. The Labute approximate surface area is 126 Å². The van der Waals surface area contributed by atoms with Gasteiger partial charge in [0.25, 0.3) is 0 Å². The lowest BCUT2D eigenvalue weighted by molar-refractivity contribution is -0.146. The second kappa shape index (κ2) is 6.93. The number of para-hydroxylation sites is 1. The van der Waals surface area contributed by atoms with Crippen molar-refractivity contribution in [2.45, 2.75) is 25.3 Å². The monoisotopic (exact) mass is 283 g/mol. The Morgan fingerprint density at radius 2 is 1.62 bits per heavy atom. The van der Waals surface area contributed by atoms with Crippen molar-refractivity contribution in [2.75, 3.05) is 12.4 Å². The van der Waals surface area contributed by atoms with Gasteiger partial charge in [0.1, 0.15) is 0 Å².